The minimum atomic E-state index is -0.00483. The lowest BCUT2D eigenvalue weighted by atomic mass is 10.1. The lowest BCUT2D eigenvalue weighted by Gasteiger charge is -2.26. The number of carbonyl (C=O) groups is 1. The molecule has 1 amide bonds. The molecule has 0 atom stereocenters. The summed E-state index contributed by atoms with van der Waals surface area (Å²) in [7, 11) is 3.26. The molecule has 4 rings (SSSR count). The molecule has 0 radical (unpaired) electrons. The largest absolute Gasteiger partial charge is 0.493 e. The number of aromatic nitrogens is 2. The number of nitrogens with zero attached hydrogens (tertiary/aromatic N) is 3. The molecule has 0 N–H and O–H groups in total. The summed E-state index contributed by atoms with van der Waals surface area (Å²) in [5, 5.41) is 6.57. The number of fused-ring (bicyclic) bond motifs is 1. The predicted molar refractivity (Wildman–Crippen MR) is 112 cm³/mol. The second kappa shape index (κ2) is 8.62. The molecule has 30 heavy (non-hydrogen) atoms. The van der Waals surface area contributed by atoms with E-state index in [-0.39, 0.29) is 12.5 Å². The first-order valence-electron chi connectivity index (χ1n) is 9.81. The molecule has 0 aliphatic carbocycles. The Kier molecular flexibility index (Phi) is 5.76. The zero-order valence-corrected chi connectivity index (χ0v) is 17.4. The normalized spacial score (nSPS) is 14.2. The molecule has 8 nitrogen and oxygen atoms in total. The topological polar surface area (TPSA) is 75.0 Å². The van der Waals surface area contributed by atoms with Crippen LogP contribution in [0.4, 0.5) is 0 Å². The highest BCUT2D eigenvalue weighted by Crippen LogP contribution is 2.36. The smallest absolute Gasteiger partial charge is 0.248 e. The van der Waals surface area contributed by atoms with Gasteiger partial charge in [0.15, 0.2) is 11.5 Å². The Morgan fingerprint density at radius 1 is 1.13 bits per heavy atom. The van der Waals surface area contributed by atoms with Crippen molar-refractivity contribution in [2.75, 3.05) is 47.1 Å². The van der Waals surface area contributed by atoms with Crippen molar-refractivity contribution in [2.24, 2.45) is 0 Å². The fourth-order valence-electron chi connectivity index (χ4n) is 3.60. The van der Waals surface area contributed by atoms with Crippen LogP contribution < -0.4 is 14.2 Å². The van der Waals surface area contributed by atoms with Crippen LogP contribution >= 0.6 is 0 Å². The van der Waals surface area contributed by atoms with E-state index < -0.39 is 0 Å². The van der Waals surface area contributed by atoms with Crippen molar-refractivity contribution >= 4 is 16.7 Å². The quantitative estimate of drug-likeness (QED) is 0.595. The molecule has 2 aromatic carbocycles. The van der Waals surface area contributed by atoms with E-state index in [1.54, 1.807) is 19.1 Å². The van der Waals surface area contributed by atoms with Crippen LogP contribution in [0.25, 0.3) is 16.5 Å². The predicted octanol–water partition coefficient (Wildman–Crippen LogP) is 2.59. The Labute approximate surface area is 174 Å². The van der Waals surface area contributed by atoms with Crippen molar-refractivity contribution in [3.05, 3.63) is 42.1 Å². The highest BCUT2D eigenvalue weighted by molar-refractivity contribution is 5.92. The highest BCUT2D eigenvalue weighted by Gasteiger charge is 2.18. The van der Waals surface area contributed by atoms with E-state index >= 15 is 0 Å². The number of rotatable bonds is 7. The van der Waals surface area contributed by atoms with Crippen LogP contribution in [0.3, 0.4) is 0 Å². The van der Waals surface area contributed by atoms with E-state index in [1.807, 2.05) is 48.0 Å². The molecule has 3 aromatic rings. The molecule has 8 heteroatoms. The molecule has 0 bridgehead atoms. The van der Waals surface area contributed by atoms with Gasteiger partial charge in [-0.15, -0.1) is 5.10 Å². The van der Waals surface area contributed by atoms with Gasteiger partial charge in [0, 0.05) is 23.7 Å². The summed E-state index contributed by atoms with van der Waals surface area (Å²) >= 11 is 0. The maximum atomic E-state index is 11.8. The lowest BCUT2D eigenvalue weighted by molar-refractivity contribution is -0.143. The van der Waals surface area contributed by atoms with Gasteiger partial charge in [0.1, 0.15) is 13.2 Å². The zero-order valence-electron chi connectivity index (χ0n) is 17.4. The summed E-state index contributed by atoms with van der Waals surface area (Å²) in [6, 6.07) is 11.8. The number of methoxy groups -OCH3 is 2. The van der Waals surface area contributed by atoms with Gasteiger partial charge >= 0.3 is 0 Å². The van der Waals surface area contributed by atoms with Crippen LogP contribution in [0.1, 0.15) is 5.69 Å². The van der Waals surface area contributed by atoms with Crippen LogP contribution in [0, 0.1) is 6.92 Å². The third kappa shape index (κ3) is 3.91. The molecule has 1 aromatic heterocycles. The van der Waals surface area contributed by atoms with Gasteiger partial charge in [0.05, 0.1) is 33.1 Å². The van der Waals surface area contributed by atoms with Crippen molar-refractivity contribution in [1.29, 1.82) is 0 Å². The number of hydrogen-bond donors (Lipinski definition) is 0. The zero-order chi connectivity index (χ0) is 21.1. The second-order valence-corrected chi connectivity index (χ2v) is 7.02. The third-order valence-electron chi connectivity index (χ3n) is 5.15. The highest BCUT2D eigenvalue weighted by atomic mass is 16.5. The lowest BCUT2D eigenvalue weighted by Crippen LogP contribution is -2.43. The molecule has 1 fully saturated rings. The molecular formula is C22H25N3O5. The van der Waals surface area contributed by atoms with Gasteiger partial charge in [-0.05, 0) is 36.6 Å². The van der Waals surface area contributed by atoms with E-state index in [9.17, 15) is 4.79 Å². The van der Waals surface area contributed by atoms with Crippen LogP contribution in [0.15, 0.2) is 36.4 Å². The summed E-state index contributed by atoms with van der Waals surface area (Å²) in [5.41, 5.74) is 1.87. The van der Waals surface area contributed by atoms with Gasteiger partial charge in [-0.25, -0.2) is 4.68 Å². The Morgan fingerprint density at radius 3 is 2.77 bits per heavy atom. The molecule has 2 heterocycles. The van der Waals surface area contributed by atoms with Crippen LogP contribution in [-0.4, -0.2) is 67.7 Å². The van der Waals surface area contributed by atoms with Crippen LogP contribution in [-0.2, 0) is 9.53 Å². The molecule has 1 aliphatic heterocycles. The number of ether oxygens (including phenoxy) is 4. The van der Waals surface area contributed by atoms with Crippen LogP contribution in [0.5, 0.6) is 17.4 Å². The van der Waals surface area contributed by atoms with E-state index in [4.69, 9.17) is 18.9 Å². The minimum absolute atomic E-state index is 0.00483. The average Bonchev–Trinajstić information content (AvgIpc) is 3.14. The van der Waals surface area contributed by atoms with Gasteiger partial charge in [0.25, 0.3) is 0 Å². The number of hydrogen-bond acceptors (Lipinski definition) is 6. The molecular weight excluding hydrogens is 386 g/mol. The summed E-state index contributed by atoms with van der Waals surface area (Å²) in [6.07, 6.45) is 0. The van der Waals surface area contributed by atoms with Crippen LogP contribution in [0.2, 0.25) is 0 Å². The number of benzene rings is 2. The Hall–Kier alpha value is -3.26. The maximum absolute atomic E-state index is 11.8. The van der Waals surface area contributed by atoms with Gasteiger partial charge < -0.3 is 23.8 Å². The first-order valence-corrected chi connectivity index (χ1v) is 9.81. The van der Waals surface area contributed by atoms with E-state index in [0.717, 1.165) is 22.2 Å². The fraction of sp³-hybridized carbons (Fsp3) is 0.364. The van der Waals surface area contributed by atoms with Gasteiger partial charge in [-0.3, -0.25) is 4.79 Å². The number of amides is 1. The summed E-state index contributed by atoms with van der Waals surface area (Å²) < 4.78 is 23.7. The minimum Gasteiger partial charge on any atom is -0.493 e. The SMILES string of the molecule is COc1ccc2cc(-n3nc(OCCN4CCOCC4=O)cc3C)ccc2c1OC. The molecule has 158 valence electrons. The number of morpholine rings is 1. The average molecular weight is 411 g/mol. The Bertz CT molecular complexity index is 1060. The van der Waals surface area contributed by atoms with Crippen molar-refractivity contribution in [2.45, 2.75) is 6.92 Å². The Balaban J connectivity index is 1.51. The first kappa shape index (κ1) is 20.0. The summed E-state index contributed by atoms with van der Waals surface area (Å²) in [5.74, 6) is 1.93. The molecule has 0 spiro atoms. The molecule has 1 aliphatic rings. The molecule has 0 unspecified atom stereocenters. The third-order valence-corrected chi connectivity index (χ3v) is 5.15. The van der Waals surface area contributed by atoms with Crippen molar-refractivity contribution < 1.29 is 23.7 Å². The molecule has 1 saturated heterocycles. The number of aryl methyl sites for hydroxylation is 1. The van der Waals surface area contributed by atoms with E-state index in [2.05, 4.69) is 5.10 Å². The standard InChI is InChI=1S/C22H25N3O5/c1-15-12-20(30-11-9-24-8-10-29-14-21(24)26)23-25(15)17-5-6-18-16(13-17)4-7-19(27-2)22(18)28-3/h4-7,12-13H,8-11,14H2,1-3H3. The van der Waals surface area contributed by atoms with Gasteiger partial charge in [-0.1, -0.05) is 6.07 Å². The summed E-state index contributed by atoms with van der Waals surface area (Å²) in [6.45, 7) is 4.19. The Morgan fingerprint density at radius 2 is 2.00 bits per heavy atom. The fourth-order valence-corrected chi connectivity index (χ4v) is 3.60. The van der Waals surface area contributed by atoms with Gasteiger partial charge in [0.2, 0.25) is 11.8 Å². The monoisotopic (exact) mass is 411 g/mol. The number of carbonyl (C=O) groups excluding carboxylic acids is 1. The first-order chi connectivity index (χ1) is 14.6. The molecule has 0 saturated carbocycles. The second-order valence-electron chi connectivity index (χ2n) is 7.02. The van der Waals surface area contributed by atoms with Crippen molar-refractivity contribution in [3.8, 4) is 23.1 Å². The van der Waals surface area contributed by atoms with E-state index in [1.165, 1.54) is 0 Å². The van der Waals surface area contributed by atoms with Crippen molar-refractivity contribution in [1.82, 2.24) is 14.7 Å². The maximum Gasteiger partial charge on any atom is 0.248 e. The van der Waals surface area contributed by atoms with Crippen molar-refractivity contribution in [3.63, 3.8) is 0 Å². The van der Waals surface area contributed by atoms with Gasteiger partial charge in [-0.2, -0.15) is 0 Å². The van der Waals surface area contributed by atoms with E-state index in [0.29, 0.717) is 43.7 Å². The summed E-state index contributed by atoms with van der Waals surface area (Å²) in [4.78, 5) is 13.5.